The monoisotopic (exact) mass is 474 g/mol. The van der Waals surface area contributed by atoms with Gasteiger partial charge in [0, 0.05) is 27.7 Å². The van der Waals surface area contributed by atoms with E-state index < -0.39 is 10.0 Å². The smallest absolute Gasteiger partial charge is 0.229 e. The van der Waals surface area contributed by atoms with Crippen LogP contribution in [-0.2, 0) is 10.0 Å². The molecule has 4 rings (SSSR count). The van der Waals surface area contributed by atoms with E-state index in [1.807, 2.05) is 29.2 Å². The Morgan fingerprint density at radius 1 is 1.23 bits per heavy atom. The first-order chi connectivity index (χ1) is 14.8. The molecule has 0 spiro atoms. The Kier molecular flexibility index (Phi) is 5.87. The predicted octanol–water partition coefficient (Wildman–Crippen LogP) is 4.01. The number of anilines is 2. The van der Waals surface area contributed by atoms with Crippen LogP contribution < -0.4 is 19.7 Å². The maximum absolute atomic E-state index is 11.7. The Morgan fingerprint density at radius 2 is 2.03 bits per heavy atom. The SMILES string of the molecule is COc1cc(N2C(=S)N[C@H](c3ccccn3)[C@@H]2c2ccc(C)s2)ccc1NS(C)(=O)=O. The number of ether oxygens (including phenoxy) is 1. The number of hydrogen-bond acceptors (Lipinski definition) is 6. The number of nitrogens with one attached hydrogen (secondary N) is 2. The van der Waals surface area contributed by atoms with Crippen molar-refractivity contribution in [3.63, 3.8) is 0 Å². The van der Waals surface area contributed by atoms with Crippen molar-refractivity contribution in [2.45, 2.75) is 19.0 Å². The van der Waals surface area contributed by atoms with Crippen molar-refractivity contribution < 1.29 is 13.2 Å². The Labute approximate surface area is 191 Å². The van der Waals surface area contributed by atoms with E-state index in [2.05, 4.69) is 34.1 Å². The van der Waals surface area contributed by atoms with Crippen LogP contribution in [0.5, 0.6) is 5.75 Å². The van der Waals surface area contributed by atoms with Crippen molar-refractivity contribution in [3.8, 4) is 5.75 Å². The molecule has 1 aliphatic heterocycles. The Balaban J connectivity index is 1.79. The molecule has 0 radical (unpaired) electrons. The van der Waals surface area contributed by atoms with Gasteiger partial charge in [-0.1, -0.05) is 6.07 Å². The number of aromatic nitrogens is 1. The van der Waals surface area contributed by atoms with E-state index in [1.54, 1.807) is 29.7 Å². The van der Waals surface area contributed by atoms with Gasteiger partial charge in [-0.25, -0.2) is 8.42 Å². The zero-order valence-corrected chi connectivity index (χ0v) is 19.6. The molecule has 1 aromatic carbocycles. The molecule has 2 atom stereocenters. The second-order valence-corrected chi connectivity index (χ2v) is 10.7. The first-order valence-corrected chi connectivity index (χ1v) is 12.6. The number of pyridine rings is 1. The topological polar surface area (TPSA) is 83.6 Å². The molecule has 2 N–H and O–H groups in total. The molecule has 1 fully saturated rings. The van der Waals surface area contributed by atoms with E-state index in [4.69, 9.17) is 17.0 Å². The summed E-state index contributed by atoms with van der Waals surface area (Å²) in [7, 11) is -1.93. The van der Waals surface area contributed by atoms with E-state index in [1.165, 1.54) is 12.0 Å². The lowest BCUT2D eigenvalue weighted by Crippen LogP contribution is -2.29. The first kappa shape index (κ1) is 21.5. The summed E-state index contributed by atoms with van der Waals surface area (Å²) in [5, 5.41) is 3.98. The number of thiophene rings is 1. The third-order valence-corrected chi connectivity index (χ3v) is 6.89. The minimum absolute atomic E-state index is 0.112. The molecular formula is C21H22N4O3S3. The van der Waals surface area contributed by atoms with Crippen molar-refractivity contribution in [2.75, 3.05) is 23.0 Å². The standard InChI is InChI=1S/C21H22N4O3S3/c1-13-7-10-18(30-13)20-19(16-6-4-5-11-22-16)23-21(29)25(20)14-8-9-15(17(12-14)28-2)24-31(3,26)27/h4-12,19-20,24H,1-3H3,(H,23,29)/t19-,20+/m1/s1. The highest BCUT2D eigenvalue weighted by atomic mass is 32.2. The number of thiocarbonyl (C=S) groups is 1. The minimum atomic E-state index is -3.44. The second kappa shape index (κ2) is 8.45. The number of hydrogen-bond donors (Lipinski definition) is 2. The van der Waals surface area contributed by atoms with Gasteiger partial charge in [-0.05, 0) is 55.5 Å². The van der Waals surface area contributed by atoms with Crippen LogP contribution in [-0.4, -0.2) is 31.9 Å². The number of aryl methyl sites for hydroxylation is 1. The van der Waals surface area contributed by atoms with Crippen LogP contribution in [0.25, 0.3) is 0 Å². The summed E-state index contributed by atoms with van der Waals surface area (Å²) < 4.78 is 31.3. The van der Waals surface area contributed by atoms with E-state index >= 15 is 0 Å². The van der Waals surface area contributed by atoms with E-state index in [0.29, 0.717) is 16.5 Å². The van der Waals surface area contributed by atoms with Gasteiger partial charge < -0.3 is 15.0 Å². The van der Waals surface area contributed by atoms with Crippen LogP contribution in [0.15, 0.2) is 54.7 Å². The van der Waals surface area contributed by atoms with Crippen LogP contribution in [0.3, 0.4) is 0 Å². The molecule has 2 aromatic heterocycles. The molecule has 10 heteroatoms. The summed E-state index contributed by atoms with van der Waals surface area (Å²) in [6, 6.07) is 15.1. The summed E-state index contributed by atoms with van der Waals surface area (Å²) in [6.07, 6.45) is 2.88. The van der Waals surface area contributed by atoms with Crippen molar-refractivity contribution in [1.29, 1.82) is 0 Å². The molecule has 1 aliphatic rings. The largest absolute Gasteiger partial charge is 0.494 e. The van der Waals surface area contributed by atoms with Crippen LogP contribution in [0.1, 0.15) is 27.5 Å². The van der Waals surface area contributed by atoms with Crippen molar-refractivity contribution in [2.24, 2.45) is 0 Å². The molecule has 0 unspecified atom stereocenters. The van der Waals surface area contributed by atoms with E-state index in [0.717, 1.165) is 22.5 Å². The van der Waals surface area contributed by atoms with Gasteiger partial charge in [0.25, 0.3) is 0 Å². The Bertz CT molecular complexity index is 1210. The maximum Gasteiger partial charge on any atom is 0.229 e. The summed E-state index contributed by atoms with van der Waals surface area (Å²) in [4.78, 5) is 8.94. The van der Waals surface area contributed by atoms with Crippen molar-refractivity contribution in [3.05, 3.63) is 70.2 Å². The lowest BCUT2D eigenvalue weighted by atomic mass is 10.0. The van der Waals surface area contributed by atoms with Crippen molar-refractivity contribution in [1.82, 2.24) is 10.3 Å². The van der Waals surface area contributed by atoms with Gasteiger partial charge in [0.05, 0.1) is 36.8 Å². The molecule has 3 heterocycles. The van der Waals surface area contributed by atoms with Crippen LogP contribution in [0.4, 0.5) is 11.4 Å². The highest BCUT2D eigenvalue weighted by Crippen LogP contribution is 2.45. The fourth-order valence-electron chi connectivity index (χ4n) is 3.65. The zero-order valence-electron chi connectivity index (χ0n) is 17.2. The van der Waals surface area contributed by atoms with E-state index in [-0.39, 0.29) is 12.1 Å². The van der Waals surface area contributed by atoms with Crippen LogP contribution in [0.2, 0.25) is 0 Å². The Hall–Kier alpha value is -2.69. The average Bonchev–Trinajstić information content (AvgIpc) is 3.30. The number of sulfonamides is 1. The van der Waals surface area contributed by atoms with Crippen LogP contribution >= 0.6 is 23.6 Å². The fourth-order valence-corrected chi connectivity index (χ4v) is 5.57. The van der Waals surface area contributed by atoms with Gasteiger partial charge in [-0.2, -0.15) is 0 Å². The average molecular weight is 475 g/mol. The highest BCUT2D eigenvalue weighted by molar-refractivity contribution is 7.92. The quantitative estimate of drug-likeness (QED) is 0.522. The predicted molar refractivity (Wildman–Crippen MR) is 128 cm³/mol. The molecule has 31 heavy (non-hydrogen) atoms. The van der Waals surface area contributed by atoms with Gasteiger partial charge in [-0.3, -0.25) is 9.71 Å². The summed E-state index contributed by atoms with van der Waals surface area (Å²) in [5.41, 5.74) is 2.06. The number of methoxy groups -OCH3 is 1. The molecule has 1 saturated heterocycles. The third-order valence-electron chi connectivity index (χ3n) is 4.91. The number of benzene rings is 1. The van der Waals surface area contributed by atoms with Gasteiger partial charge in [0.15, 0.2) is 5.11 Å². The fraction of sp³-hybridized carbons (Fsp3) is 0.238. The van der Waals surface area contributed by atoms with Gasteiger partial charge in [-0.15, -0.1) is 11.3 Å². The second-order valence-electron chi connectivity index (χ2n) is 7.20. The zero-order chi connectivity index (χ0) is 22.2. The van der Waals surface area contributed by atoms with Crippen molar-refractivity contribution >= 4 is 50.1 Å². The normalized spacial score (nSPS) is 18.7. The third kappa shape index (κ3) is 4.51. The molecule has 3 aromatic rings. The lowest BCUT2D eigenvalue weighted by molar-refractivity contribution is 0.417. The van der Waals surface area contributed by atoms with Gasteiger partial charge >= 0.3 is 0 Å². The molecule has 0 bridgehead atoms. The first-order valence-electron chi connectivity index (χ1n) is 9.49. The molecular weight excluding hydrogens is 452 g/mol. The minimum Gasteiger partial charge on any atom is -0.494 e. The van der Waals surface area contributed by atoms with Gasteiger partial charge in [0.2, 0.25) is 10.0 Å². The van der Waals surface area contributed by atoms with Gasteiger partial charge in [0.1, 0.15) is 5.75 Å². The van der Waals surface area contributed by atoms with Crippen LogP contribution in [0, 0.1) is 6.92 Å². The molecule has 0 amide bonds. The molecule has 0 saturated carbocycles. The summed E-state index contributed by atoms with van der Waals surface area (Å²) >= 11 is 7.44. The maximum atomic E-state index is 11.7. The summed E-state index contributed by atoms with van der Waals surface area (Å²) in [5.74, 6) is 0.410. The Morgan fingerprint density at radius 3 is 2.65 bits per heavy atom. The highest BCUT2D eigenvalue weighted by Gasteiger charge is 2.41. The number of nitrogens with zero attached hydrogens (tertiary/aromatic N) is 2. The number of rotatable bonds is 6. The molecule has 7 nitrogen and oxygen atoms in total. The van der Waals surface area contributed by atoms with E-state index in [9.17, 15) is 8.42 Å². The molecule has 162 valence electrons. The summed E-state index contributed by atoms with van der Waals surface area (Å²) in [6.45, 7) is 2.07. The lowest BCUT2D eigenvalue weighted by Gasteiger charge is -2.27. The molecule has 0 aliphatic carbocycles.